The maximum absolute atomic E-state index is 5.79. The van der Waals surface area contributed by atoms with Gasteiger partial charge in [-0.05, 0) is 66.3 Å². The molecule has 0 bridgehead atoms. The summed E-state index contributed by atoms with van der Waals surface area (Å²) in [5.41, 5.74) is 16.2. The molecule has 38 heavy (non-hydrogen) atoms. The summed E-state index contributed by atoms with van der Waals surface area (Å²) in [6.07, 6.45) is 10.1. The van der Waals surface area contributed by atoms with Gasteiger partial charge >= 0.3 is 0 Å². The van der Waals surface area contributed by atoms with Gasteiger partial charge in [-0.25, -0.2) is 14.5 Å². The molecular formula is C30H30N8. The summed E-state index contributed by atoms with van der Waals surface area (Å²) < 4.78 is 1.77. The molecule has 0 radical (unpaired) electrons. The van der Waals surface area contributed by atoms with E-state index in [2.05, 4.69) is 56.8 Å². The summed E-state index contributed by atoms with van der Waals surface area (Å²) >= 11 is 0. The fourth-order valence-corrected chi connectivity index (χ4v) is 4.91. The van der Waals surface area contributed by atoms with Gasteiger partial charge in [-0.15, -0.1) is 0 Å². The van der Waals surface area contributed by atoms with Crippen molar-refractivity contribution in [2.24, 2.45) is 5.73 Å². The third kappa shape index (κ3) is 4.91. The minimum atomic E-state index is 0.561. The number of rotatable bonds is 8. The molecule has 0 saturated carbocycles. The molecule has 5 aromatic rings. The Morgan fingerprint density at radius 3 is 2.71 bits per heavy atom. The van der Waals surface area contributed by atoms with Gasteiger partial charge < -0.3 is 16.0 Å². The third-order valence-electron chi connectivity index (χ3n) is 6.86. The predicted octanol–water partition coefficient (Wildman–Crippen LogP) is 4.84. The van der Waals surface area contributed by atoms with Crippen LogP contribution in [-0.2, 0) is 13.1 Å². The van der Waals surface area contributed by atoms with Gasteiger partial charge in [-0.2, -0.15) is 5.10 Å². The zero-order chi connectivity index (χ0) is 25.9. The SMILES string of the molecule is Cc1cccc(-c2nc(CNCC3=C(c4ccc(CN)cc4)CCC=C3)[nH]c2-c2ccc3ncnn3c2)n1. The number of hydrogen-bond donors (Lipinski definition) is 3. The zero-order valence-electron chi connectivity index (χ0n) is 21.4. The van der Waals surface area contributed by atoms with Crippen LogP contribution in [0.5, 0.6) is 0 Å². The van der Waals surface area contributed by atoms with E-state index in [1.807, 2.05) is 43.5 Å². The van der Waals surface area contributed by atoms with Crippen molar-refractivity contribution in [3.63, 3.8) is 0 Å². The normalized spacial score (nSPS) is 13.5. The molecule has 8 heteroatoms. The molecule has 4 heterocycles. The van der Waals surface area contributed by atoms with Gasteiger partial charge in [0.15, 0.2) is 5.65 Å². The molecule has 0 amide bonds. The minimum absolute atomic E-state index is 0.561. The van der Waals surface area contributed by atoms with Crippen LogP contribution in [0.25, 0.3) is 33.9 Å². The topological polar surface area (TPSA) is 110 Å². The number of pyridine rings is 2. The molecule has 0 fully saturated rings. The lowest BCUT2D eigenvalue weighted by Gasteiger charge is -2.17. The Bertz CT molecular complexity index is 1640. The average molecular weight is 503 g/mol. The fourth-order valence-electron chi connectivity index (χ4n) is 4.91. The van der Waals surface area contributed by atoms with Crippen LogP contribution in [0, 0.1) is 6.92 Å². The summed E-state index contributed by atoms with van der Waals surface area (Å²) in [5.74, 6) is 0.853. The Labute approximate surface area is 221 Å². The van der Waals surface area contributed by atoms with Crippen molar-refractivity contribution < 1.29 is 0 Å². The van der Waals surface area contributed by atoms with E-state index >= 15 is 0 Å². The summed E-state index contributed by atoms with van der Waals surface area (Å²) in [6.45, 7) is 3.91. The van der Waals surface area contributed by atoms with E-state index in [4.69, 9.17) is 15.7 Å². The monoisotopic (exact) mass is 502 g/mol. The van der Waals surface area contributed by atoms with Crippen LogP contribution in [0.3, 0.4) is 0 Å². The summed E-state index contributed by atoms with van der Waals surface area (Å²) in [6, 6.07) is 18.6. The highest BCUT2D eigenvalue weighted by molar-refractivity contribution is 5.77. The highest BCUT2D eigenvalue weighted by atomic mass is 15.3. The molecule has 1 aliphatic carbocycles. The minimum Gasteiger partial charge on any atom is -0.340 e. The summed E-state index contributed by atoms with van der Waals surface area (Å²) in [5, 5.41) is 7.90. The van der Waals surface area contributed by atoms with Gasteiger partial charge in [0.1, 0.15) is 17.8 Å². The van der Waals surface area contributed by atoms with E-state index in [0.29, 0.717) is 13.1 Å². The van der Waals surface area contributed by atoms with Crippen molar-refractivity contribution in [1.82, 2.24) is 34.9 Å². The van der Waals surface area contributed by atoms with E-state index < -0.39 is 0 Å². The van der Waals surface area contributed by atoms with E-state index in [1.54, 1.807) is 10.8 Å². The van der Waals surface area contributed by atoms with Crippen LogP contribution in [-0.4, -0.2) is 36.1 Å². The first-order valence-electron chi connectivity index (χ1n) is 12.9. The Kier molecular flexibility index (Phi) is 6.64. The Morgan fingerprint density at radius 1 is 1.00 bits per heavy atom. The second-order valence-electron chi connectivity index (χ2n) is 9.50. The second-order valence-corrected chi connectivity index (χ2v) is 9.50. The lowest BCUT2D eigenvalue weighted by atomic mass is 9.91. The van der Waals surface area contributed by atoms with Crippen molar-refractivity contribution in [1.29, 1.82) is 0 Å². The number of aromatic nitrogens is 6. The van der Waals surface area contributed by atoms with Crippen molar-refractivity contribution in [2.45, 2.75) is 32.9 Å². The number of benzene rings is 1. The number of hydrogen-bond acceptors (Lipinski definition) is 6. The predicted molar refractivity (Wildman–Crippen MR) is 150 cm³/mol. The van der Waals surface area contributed by atoms with Crippen LogP contribution >= 0.6 is 0 Å². The van der Waals surface area contributed by atoms with Crippen molar-refractivity contribution >= 4 is 11.2 Å². The van der Waals surface area contributed by atoms with Crippen molar-refractivity contribution in [2.75, 3.05) is 6.54 Å². The van der Waals surface area contributed by atoms with Gasteiger partial charge in [-0.1, -0.05) is 42.5 Å². The average Bonchev–Trinajstić information content (AvgIpc) is 3.60. The van der Waals surface area contributed by atoms with Crippen LogP contribution in [0.1, 0.15) is 35.5 Å². The molecule has 8 nitrogen and oxygen atoms in total. The number of aromatic amines is 1. The Morgan fingerprint density at radius 2 is 1.87 bits per heavy atom. The van der Waals surface area contributed by atoms with Crippen LogP contribution in [0.15, 0.2) is 84.8 Å². The first-order valence-corrected chi connectivity index (χ1v) is 12.9. The quantitative estimate of drug-likeness (QED) is 0.280. The van der Waals surface area contributed by atoms with Crippen LogP contribution < -0.4 is 11.1 Å². The van der Waals surface area contributed by atoms with E-state index in [-0.39, 0.29) is 0 Å². The van der Waals surface area contributed by atoms with Crippen molar-refractivity contribution in [3.05, 3.63) is 107 Å². The molecule has 0 unspecified atom stereocenters. The molecule has 190 valence electrons. The number of nitrogens with zero attached hydrogens (tertiary/aromatic N) is 5. The maximum Gasteiger partial charge on any atom is 0.155 e. The first-order chi connectivity index (χ1) is 18.7. The molecule has 0 aliphatic heterocycles. The van der Waals surface area contributed by atoms with Crippen molar-refractivity contribution in [3.8, 4) is 22.6 Å². The van der Waals surface area contributed by atoms with Gasteiger partial charge in [0.05, 0.1) is 17.9 Å². The molecule has 6 rings (SSSR count). The molecule has 0 spiro atoms. The molecule has 0 atom stereocenters. The second kappa shape index (κ2) is 10.5. The highest BCUT2D eigenvalue weighted by Crippen LogP contribution is 2.30. The van der Waals surface area contributed by atoms with Gasteiger partial charge in [0, 0.05) is 30.5 Å². The van der Waals surface area contributed by atoms with Crippen LogP contribution in [0.2, 0.25) is 0 Å². The number of allylic oxidation sites excluding steroid dienone is 2. The third-order valence-corrected chi connectivity index (χ3v) is 6.86. The number of nitrogens with one attached hydrogen (secondary N) is 2. The number of nitrogens with two attached hydrogens (primary N) is 1. The van der Waals surface area contributed by atoms with Gasteiger partial charge in [-0.3, -0.25) is 4.98 Å². The smallest absolute Gasteiger partial charge is 0.155 e. The number of imidazole rings is 1. The lowest BCUT2D eigenvalue weighted by molar-refractivity contribution is 0.713. The molecule has 4 aromatic heterocycles. The highest BCUT2D eigenvalue weighted by Gasteiger charge is 2.17. The Balaban J connectivity index is 1.27. The molecular weight excluding hydrogens is 472 g/mol. The van der Waals surface area contributed by atoms with E-state index in [1.165, 1.54) is 16.7 Å². The number of fused-ring (bicyclic) bond motifs is 1. The number of H-pyrrole nitrogens is 1. The Hall–Kier alpha value is -4.40. The lowest BCUT2D eigenvalue weighted by Crippen LogP contribution is -2.18. The van der Waals surface area contributed by atoms with Gasteiger partial charge in [0.25, 0.3) is 0 Å². The zero-order valence-corrected chi connectivity index (χ0v) is 21.4. The largest absolute Gasteiger partial charge is 0.340 e. The molecule has 4 N–H and O–H groups in total. The van der Waals surface area contributed by atoms with E-state index in [0.717, 1.165) is 64.8 Å². The van der Waals surface area contributed by atoms with E-state index in [9.17, 15) is 0 Å². The summed E-state index contributed by atoms with van der Waals surface area (Å²) in [4.78, 5) is 17.5. The fraction of sp³-hybridized carbons (Fsp3) is 0.200. The molecule has 1 aliphatic rings. The summed E-state index contributed by atoms with van der Waals surface area (Å²) in [7, 11) is 0. The maximum atomic E-state index is 5.79. The molecule has 1 aromatic carbocycles. The van der Waals surface area contributed by atoms with Crippen LogP contribution in [0.4, 0.5) is 0 Å². The van der Waals surface area contributed by atoms with Gasteiger partial charge in [0.2, 0.25) is 0 Å². The first kappa shape index (κ1) is 24.0. The number of aryl methyl sites for hydroxylation is 1. The molecule has 0 saturated heterocycles. The standard InChI is InChI=1S/C30H30N8/c1-20-5-4-8-26(35-20)30-29(24-13-14-28-33-19-34-38(28)18-24)36-27(37-30)17-32-16-23-6-2-3-7-25(23)22-11-9-21(15-31)10-12-22/h2,4-6,8-14,18-19,32H,3,7,15-17,31H2,1H3,(H,36,37).